The third kappa shape index (κ3) is 4.78. The Bertz CT molecular complexity index is 489. The van der Waals surface area contributed by atoms with Crippen molar-refractivity contribution in [3.8, 4) is 0 Å². The van der Waals surface area contributed by atoms with Gasteiger partial charge in [0.1, 0.15) is 5.82 Å². The number of hydrogen-bond acceptors (Lipinski definition) is 2. The second-order valence-corrected chi connectivity index (χ2v) is 6.57. The third-order valence-electron chi connectivity index (χ3n) is 3.83. The number of benzene rings is 1. The van der Waals surface area contributed by atoms with Gasteiger partial charge in [-0.25, -0.2) is 4.39 Å². The van der Waals surface area contributed by atoms with E-state index in [1.807, 2.05) is 0 Å². The summed E-state index contributed by atoms with van der Waals surface area (Å²) >= 11 is 3.12. The standard InChI is InChI=1S/C16H22BrFN2O/c1-12(11-20-8-3-2-4-9-20)10-19-16(21)13-6-5-7-14(18)15(13)17/h5-7,12H,2-4,8-11H2,1H3,(H,19,21). The molecule has 1 amide bonds. The van der Waals surface area contributed by atoms with Gasteiger partial charge in [0.2, 0.25) is 0 Å². The molecule has 0 saturated carbocycles. The van der Waals surface area contributed by atoms with Gasteiger partial charge in [0.05, 0.1) is 10.0 Å². The largest absolute Gasteiger partial charge is 0.352 e. The molecule has 1 unspecified atom stereocenters. The number of carbonyl (C=O) groups is 1. The predicted molar refractivity (Wildman–Crippen MR) is 85.9 cm³/mol. The summed E-state index contributed by atoms with van der Waals surface area (Å²) in [5, 5.41) is 2.89. The van der Waals surface area contributed by atoms with Gasteiger partial charge in [0, 0.05) is 13.1 Å². The molecule has 3 nitrogen and oxygen atoms in total. The normalized spacial score (nSPS) is 17.5. The third-order valence-corrected chi connectivity index (χ3v) is 4.63. The Kier molecular flexibility index (Phi) is 6.18. The highest BCUT2D eigenvalue weighted by molar-refractivity contribution is 9.10. The van der Waals surface area contributed by atoms with E-state index in [1.165, 1.54) is 25.3 Å². The molecule has 0 aromatic heterocycles. The number of rotatable bonds is 5. The second kappa shape index (κ2) is 7.90. The number of carbonyl (C=O) groups excluding carboxylic acids is 1. The maximum absolute atomic E-state index is 13.4. The minimum atomic E-state index is -0.413. The van der Waals surface area contributed by atoms with E-state index in [1.54, 1.807) is 12.1 Å². The van der Waals surface area contributed by atoms with Crippen LogP contribution in [0.25, 0.3) is 0 Å². The molecule has 1 heterocycles. The predicted octanol–water partition coefficient (Wildman–Crippen LogP) is 3.44. The summed E-state index contributed by atoms with van der Waals surface area (Å²) in [4.78, 5) is 14.5. The Labute approximate surface area is 134 Å². The monoisotopic (exact) mass is 356 g/mol. The first-order valence-corrected chi connectivity index (χ1v) is 8.32. The van der Waals surface area contributed by atoms with Crippen LogP contribution in [0.4, 0.5) is 4.39 Å². The number of piperidine rings is 1. The van der Waals surface area contributed by atoms with E-state index < -0.39 is 5.82 Å². The maximum atomic E-state index is 13.4. The Balaban J connectivity index is 1.81. The summed E-state index contributed by atoms with van der Waals surface area (Å²) in [6.45, 7) is 6.07. The fourth-order valence-electron chi connectivity index (χ4n) is 2.69. The summed E-state index contributed by atoms with van der Waals surface area (Å²) in [5.74, 6) is -0.254. The zero-order chi connectivity index (χ0) is 15.2. The highest BCUT2D eigenvalue weighted by Gasteiger charge is 2.16. The number of hydrogen-bond donors (Lipinski definition) is 1. The molecule has 116 valence electrons. The van der Waals surface area contributed by atoms with Crippen molar-refractivity contribution in [2.45, 2.75) is 26.2 Å². The summed E-state index contributed by atoms with van der Waals surface area (Å²) in [6.07, 6.45) is 3.87. The molecule has 0 spiro atoms. The fraction of sp³-hybridized carbons (Fsp3) is 0.562. The number of nitrogens with zero attached hydrogens (tertiary/aromatic N) is 1. The lowest BCUT2D eigenvalue weighted by Gasteiger charge is -2.29. The number of halogens is 2. The van der Waals surface area contributed by atoms with Gasteiger partial charge in [-0.2, -0.15) is 0 Å². The average Bonchev–Trinajstić information content (AvgIpc) is 2.48. The van der Waals surface area contributed by atoms with Gasteiger partial charge in [-0.1, -0.05) is 19.4 Å². The van der Waals surface area contributed by atoms with Crippen molar-refractivity contribution in [3.05, 3.63) is 34.1 Å². The molecule has 5 heteroatoms. The van der Waals surface area contributed by atoms with Crippen LogP contribution in [0.1, 0.15) is 36.5 Å². The molecule has 0 bridgehead atoms. The average molecular weight is 357 g/mol. The molecular formula is C16H22BrFN2O. The van der Waals surface area contributed by atoms with Crippen molar-refractivity contribution < 1.29 is 9.18 Å². The van der Waals surface area contributed by atoms with Gasteiger partial charge in [-0.05, 0) is 59.9 Å². The van der Waals surface area contributed by atoms with Crippen molar-refractivity contribution in [1.82, 2.24) is 10.2 Å². The highest BCUT2D eigenvalue weighted by atomic mass is 79.9. The Morgan fingerprint density at radius 1 is 1.38 bits per heavy atom. The summed E-state index contributed by atoms with van der Waals surface area (Å²) < 4.78 is 13.6. The molecule has 1 aliphatic rings. The van der Waals surface area contributed by atoms with Gasteiger partial charge >= 0.3 is 0 Å². The van der Waals surface area contributed by atoms with Crippen LogP contribution < -0.4 is 5.32 Å². The highest BCUT2D eigenvalue weighted by Crippen LogP contribution is 2.20. The van der Waals surface area contributed by atoms with E-state index in [4.69, 9.17) is 0 Å². The van der Waals surface area contributed by atoms with E-state index in [0.717, 1.165) is 19.6 Å². The van der Waals surface area contributed by atoms with Crippen LogP contribution in [0, 0.1) is 11.7 Å². The summed E-state index contributed by atoms with van der Waals surface area (Å²) in [7, 11) is 0. The topological polar surface area (TPSA) is 32.3 Å². The Morgan fingerprint density at radius 3 is 2.81 bits per heavy atom. The van der Waals surface area contributed by atoms with Crippen molar-refractivity contribution in [2.75, 3.05) is 26.2 Å². The van der Waals surface area contributed by atoms with Crippen LogP contribution in [-0.4, -0.2) is 37.0 Å². The number of amides is 1. The molecule has 1 aromatic carbocycles. The van der Waals surface area contributed by atoms with Crippen LogP contribution in [0.2, 0.25) is 0 Å². The van der Waals surface area contributed by atoms with E-state index in [2.05, 4.69) is 33.1 Å². The molecule has 21 heavy (non-hydrogen) atoms. The molecule has 1 N–H and O–H groups in total. The van der Waals surface area contributed by atoms with Gasteiger partial charge in [-0.3, -0.25) is 4.79 Å². The van der Waals surface area contributed by atoms with E-state index in [0.29, 0.717) is 18.0 Å². The first-order valence-electron chi connectivity index (χ1n) is 7.52. The molecule has 1 atom stereocenters. The first-order chi connectivity index (χ1) is 10.1. The zero-order valence-electron chi connectivity index (χ0n) is 12.4. The second-order valence-electron chi connectivity index (χ2n) is 5.78. The quantitative estimate of drug-likeness (QED) is 0.876. The van der Waals surface area contributed by atoms with E-state index >= 15 is 0 Å². The van der Waals surface area contributed by atoms with Crippen LogP contribution in [0.3, 0.4) is 0 Å². The van der Waals surface area contributed by atoms with Crippen molar-refractivity contribution in [3.63, 3.8) is 0 Å². The Hall–Kier alpha value is -0.940. The van der Waals surface area contributed by atoms with Crippen molar-refractivity contribution in [2.24, 2.45) is 5.92 Å². The maximum Gasteiger partial charge on any atom is 0.252 e. The molecule has 0 aliphatic carbocycles. The van der Waals surface area contributed by atoms with E-state index in [9.17, 15) is 9.18 Å². The molecule has 2 rings (SSSR count). The SMILES string of the molecule is CC(CNC(=O)c1cccc(F)c1Br)CN1CCCCC1. The van der Waals surface area contributed by atoms with Gasteiger partial charge in [-0.15, -0.1) is 0 Å². The van der Waals surface area contributed by atoms with Crippen LogP contribution in [0.15, 0.2) is 22.7 Å². The van der Waals surface area contributed by atoms with Crippen LogP contribution in [0.5, 0.6) is 0 Å². The van der Waals surface area contributed by atoms with Gasteiger partial charge in [0.25, 0.3) is 5.91 Å². The zero-order valence-corrected chi connectivity index (χ0v) is 14.0. The van der Waals surface area contributed by atoms with E-state index in [-0.39, 0.29) is 10.4 Å². The lowest BCUT2D eigenvalue weighted by Crippen LogP contribution is -2.38. The molecular weight excluding hydrogens is 335 g/mol. The van der Waals surface area contributed by atoms with Gasteiger partial charge < -0.3 is 10.2 Å². The van der Waals surface area contributed by atoms with Gasteiger partial charge in [0.15, 0.2) is 0 Å². The first kappa shape index (κ1) is 16.4. The minimum absolute atomic E-state index is 0.228. The summed E-state index contributed by atoms with van der Waals surface area (Å²) in [6, 6.07) is 4.50. The van der Waals surface area contributed by atoms with Crippen LogP contribution in [-0.2, 0) is 0 Å². The van der Waals surface area contributed by atoms with Crippen molar-refractivity contribution in [1.29, 1.82) is 0 Å². The van der Waals surface area contributed by atoms with Crippen molar-refractivity contribution >= 4 is 21.8 Å². The minimum Gasteiger partial charge on any atom is -0.352 e. The molecule has 1 aromatic rings. The molecule has 0 radical (unpaired) electrons. The Morgan fingerprint density at radius 2 is 2.10 bits per heavy atom. The molecule has 1 saturated heterocycles. The number of nitrogens with one attached hydrogen (secondary N) is 1. The lowest BCUT2D eigenvalue weighted by atomic mass is 10.1. The molecule has 1 fully saturated rings. The fourth-order valence-corrected chi connectivity index (χ4v) is 3.13. The summed E-state index contributed by atoms with van der Waals surface area (Å²) in [5.41, 5.74) is 0.347. The smallest absolute Gasteiger partial charge is 0.252 e. The molecule has 1 aliphatic heterocycles. The van der Waals surface area contributed by atoms with Crippen LogP contribution >= 0.6 is 15.9 Å². The lowest BCUT2D eigenvalue weighted by molar-refractivity contribution is 0.0941. The number of likely N-dealkylation sites (tertiary alicyclic amines) is 1.